The molecule has 0 amide bonds. The summed E-state index contributed by atoms with van der Waals surface area (Å²) in [5.74, 6) is 5.20. The first kappa shape index (κ1) is 10.9. The number of nitrogens with one attached hydrogen (secondary N) is 1. The van der Waals surface area contributed by atoms with Gasteiger partial charge in [-0.15, -0.1) is 12.3 Å². The summed E-state index contributed by atoms with van der Waals surface area (Å²) < 4.78 is 0. The van der Waals surface area contributed by atoms with E-state index in [0.29, 0.717) is 11.5 Å². The van der Waals surface area contributed by atoms with Gasteiger partial charge in [0.1, 0.15) is 0 Å². The van der Waals surface area contributed by atoms with Crippen molar-refractivity contribution in [1.82, 2.24) is 5.32 Å². The third-order valence-corrected chi connectivity index (χ3v) is 3.84. The van der Waals surface area contributed by atoms with Crippen molar-refractivity contribution >= 4 is 11.8 Å². The van der Waals surface area contributed by atoms with Crippen LogP contribution >= 0.6 is 11.8 Å². The molecular formula is C11H19NS. The molecule has 1 aliphatic rings. The Bertz CT molecular complexity index is 193. The van der Waals surface area contributed by atoms with Crippen LogP contribution in [0.4, 0.5) is 0 Å². The maximum Gasteiger partial charge on any atom is 0.0212 e. The van der Waals surface area contributed by atoms with Crippen LogP contribution in [-0.2, 0) is 0 Å². The first-order chi connectivity index (χ1) is 6.17. The normalized spacial score (nSPS) is 26.7. The first-order valence-corrected chi connectivity index (χ1v) is 6.07. The molecule has 0 aromatic carbocycles. The molecular weight excluding hydrogens is 178 g/mol. The second-order valence-corrected chi connectivity index (χ2v) is 5.42. The molecule has 1 unspecified atom stereocenters. The van der Waals surface area contributed by atoms with E-state index in [0.717, 1.165) is 13.0 Å². The smallest absolute Gasteiger partial charge is 0.0212 e. The van der Waals surface area contributed by atoms with Crippen molar-refractivity contribution in [3.05, 3.63) is 0 Å². The lowest BCUT2D eigenvalue weighted by Gasteiger charge is -2.38. The van der Waals surface area contributed by atoms with Gasteiger partial charge in [0.25, 0.3) is 0 Å². The molecule has 1 fully saturated rings. The fourth-order valence-corrected chi connectivity index (χ4v) is 3.23. The highest BCUT2D eigenvalue weighted by atomic mass is 32.2. The Morgan fingerprint density at radius 1 is 1.62 bits per heavy atom. The highest BCUT2D eigenvalue weighted by Gasteiger charge is 2.31. The number of hydrogen-bond acceptors (Lipinski definition) is 2. The van der Waals surface area contributed by atoms with Gasteiger partial charge >= 0.3 is 0 Å². The van der Waals surface area contributed by atoms with E-state index >= 15 is 0 Å². The predicted octanol–water partition coefficient (Wildman–Crippen LogP) is 2.13. The van der Waals surface area contributed by atoms with E-state index in [1.807, 2.05) is 11.8 Å². The Morgan fingerprint density at radius 2 is 2.38 bits per heavy atom. The van der Waals surface area contributed by atoms with Gasteiger partial charge < -0.3 is 5.32 Å². The molecule has 0 aliphatic carbocycles. The summed E-state index contributed by atoms with van der Waals surface area (Å²) in [6.45, 7) is 5.66. The molecule has 1 saturated heterocycles. The van der Waals surface area contributed by atoms with Gasteiger partial charge in [-0.1, -0.05) is 13.8 Å². The molecule has 1 rings (SSSR count). The first-order valence-electron chi connectivity index (χ1n) is 4.91. The third-order valence-electron chi connectivity index (χ3n) is 2.78. The molecule has 1 aliphatic heterocycles. The maximum absolute atomic E-state index is 5.22. The van der Waals surface area contributed by atoms with Gasteiger partial charge in [-0.05, 0) is 17.6 Å². The molecule has 1 N–H and O–H groups in total. The SMILES string of the molecule is C#CCCNC1CSCCC1(C)C. The molecule has 0 spiro atoms. The van der Waals surface area contributed by atoms with Gasteiger partial charge in [0.15, 0.2) is 0 Å². The minimum absolute atomic E-state index is 0.444. The van der Waals surface area contributed by atoms with E-state index < -0.39 is 0 Å². The molecule has 0 saturated carbocycles. The molecule has 0 aromatic heterocycles. The summed E-state index contributed by atoms with van der Waals surface area (Å²) in [5, 5.41) is 3.55. The summed E-state index contributed by atoms with van der Waals surface area (Å²) >= 11 is 2.05. The van der Waals surface area contributed by atoms with Crippen LogP contribution in [-0.4, -0.2) is 24.1 Å². The zero-order valence-electron chi connectivity index (χ0n) is 8.60. The van der Waals surface area contributed by atoms with Crippen LogP contribution < -0.4 is 5.32 Å². The van der Waals surface area contributed by atoms with Crippen molar-refractivity contribution in [2.45, 2.75) is 32.7 Å². The summed E-state index contributed by atoms with van der Waals surface area (Å²) in [4.78, 5) is 0. The van der Waals surface area contributed by atoms with Crippen LogP contribution in [0.25, 0.3) is 0 Å². The Hall–Kier alpha value is -0.130. The van der Waals surface area contributed by atoms with Crippen molar-refractivity contribution in [2.75, 3.05) is 18.1 Å². The van der Waals surface area contributed by atoms with E-state index in [1.165, 1.54) is 17.9 Å². The van der Waals surface area contributed by atoms with Crippen LogP contribution in [0.5, 0.6) is 0 Å². The summed E-state index contributed by atoms with van der Waals surface area (Å²) in [5.41, 5.74) is 0.444. The van der Waals surface area contributed by atoms with Crippen LogP contribution in [0.3, 0.4) is 0 Å². The highest BCUT2D eigenvalue weighted by Crippen LogP contribution is 2.33. The van der Waals surface area contributed by atoms with Crippen LogP contribution in [0.15, 0.2) is 0 Å². The average Bonchev–Trinajstić information content (AvgIpc) is 2.08. The summed E-state index contributed by atoms with van der Waals surface area (Å²) in [7, 11) is 0. The fraction of sp³-hybridized carbons (Fsp3) is 0.818. The van der Waals surface area contributed by atoms with Gasteiger partial charge in [0, 0.05) is 24.8 Å². The lowest BCUT2D eigenvalue weighted by Crippen LogP contribution is -2.46. The zero-order valence-corrected chi connectivity index (χ0v) is 9.41. The molecule has 2 heteroatoms. The minimum atomic E-state index is 0.444. The van der Waals surface area contributed by atoms with Crippen molar-refractivity contribution in [3.63, 3.8) is 0 Å². The van der Waals surface area contributed by atoms with E-state index in [1.54, 1.807) is 0 Å². The molecule has 1 heterocycles. The second kappa shape index (κ2) is 4.93. The topological polar surface area (TPSA) is 12.0 Å². The monoisotopic (exact) mass is 197 g/mol. The van der Waals surface area contributed by atoms with Crippen LogP contribution in [0.1, 0.15) is 26.7 Å². The van der Waals surface area contributed by atoms with Crippen molar-refractivity contribution < 1.29 is 0 Å². The van der Waals surface area contributed by atoms with E-state index in [4.69, 9.17) is 6.42 Å². The maximum atomic E-state index is 5.22. The molecule has 74 valence electrons. The fourth-order valence-electron chi connectivity index (χ4n) is 1.59. The number of rotatable bonds is 3. The van der Waals surface area contributed by atoms with Crippen molar-refractivity contribution in [2.24, 2.45) is 5.41 Å². The van der Waals surface area contributed by atoms with Gasteiger partial charge in [-0.25, -0.2) is 0 Å². The number of terminal acetylenes is 1. The summed E-state index contributed by atoms with van der Waals surface area (Å²) in [6.07, 6.45) is 7.37. The van der Waals surface area contributed by atoms with Crippen LogP contribution in [0, 0.1) is 17.8 Å². The molecule has 1 nitrogen and oxygen atoms in total. The van der Waals surface area contributed by atoms with Gasteiger partial charge in [0.05, 0.1) is 0 Å². The number of thioether (sulfide) groups is 1. The standard InChI is InChI=1S/C11H19NS/c1-4-5-7-12-10-9-13-8-6-11(10,2)3/h1,10,12H,5-9H2,2-3H3. The predicted molar refractivity (Wildman–Crippen MR) is 61.0 cm³/mol. The lowest BCUT2D eigenvalue weighted by molar-refractivity contribution is 0.248. The third kappa shape index (κ3) is 3.25. The zero-order chi connectivity index (χ0) is 9.73. The largest absolute Gasteiger partial charge is 0.312 e. The van der Waals surface area contributed by atoms with Gasteiger partial charge in [-0.3, -0.25) is 0 Å². The quantitative estimate of drug-likeness (QED) is 0.549. The second-order valence-electron chi connectivity index (χ2n) is 4.27. The van der Waals surface area contributed by atoms with Crippen molar-refractivity contribution in [1.29, 1.82) is 0 Å². The molecule has 1 atom stereocenters. The van der Waals surface area contributed by atoms with E-state index in [2.05, 4.69) is 25.1 Å². The minimum Gasteiger partial charge on any atom is -0.312 e. The molecule has 0 bridgehead atoms. The Labute approximate surface area is 86.1 Å². The van der Waals surface area contributed by atoms with E-state index in [-0.39, 0.29) is 0 Å². The molecule has 0 aromatic rings. The average molecular weight is 197 g/mol. The molecule has 13 heavy (non-hydrogen) atoms. The Kier molecular flexibility index (Phi) is 4.15. The summed E-state index contributed by atoms with van der Waals surface area (Å²) in [6, 6.07) is 0.639. The van der Waals surface area contributed by atoms with Gasteiger partial charge in [0.2, 0.25) is 0 Å². The van der Waals surface area contributed by atoms with Gasteiger partial charge in [-0.2, -0.15) is 11.8 Å². The van der Waals surface area contributed by atoms with Crippen LogP contribution in [0.2, 0.25) is 0 Å². The number of hydrogen-bond donors (Lipinski definition) is 1. The van der Waals surface area contributed by atoms with Crippen molar-refractivity contribution in [3.8, 4) is 12.3 Å². The highest BCUT2D eigenvalue weighted by molar-refractivity contribution is 7.99. The molecule has 0 radical (unpaired) electrons. The Morgan fingerprint density at radius 3 is 3.00 bits per heavy atom. The lowest BCUT2D eigenvalue weighted by atomic mass is 9.82. The van der Waals surface area contributed by atoms with E-state index in [9.17, 15) is 0 Å². The Balaban J connectivity index is 2.34.